The second kappa shape index (κ2) is 5.07. The highest BCUT2D eigenvalue weighted by atomic mass is 32.1. The highest BCUT2D eigenvalue weighted by molar-refractivity contribution is 8.11. The number of benzene rings is 1. The molecule has 0 saturated heterocycles. The zero-order chi connectivity index (χ0) is 10.6. The van der Waals surface area contributed by atoms with Crippen LogP contribution < -0.4 is 5.32 Å². The molecule has 0 heterocycles. The van der Waals surface area contributed by atoms with Gasteiger partial charge in [-0.25, -0.2) is 0 Å². The number of aromatic hydroxyl groups is 2. The minimum atomic E-state index is -0.105. The number of hydrogen-bond donors (Lipinski definition) is 4. The minimum absolute atomic E-state index is 0.101. The molecule has 0 unspecified atom stereocenters. The summed E-state index contributed by atoms with van der Waals surface area (Å²) in [5, 5.41) is 21.1. The Bertz CT molecular complexity index is 342. The third kappa shape index (κ3) is 3.43. The molecule has 5 heteroatoms. The quantitative estimate of drug-likeness (QED) is 0.360. The summed E-state index contributed by atoms with van der Waals surface area (Å²) in [4.78, 5) is 0. The van der Waals surface area contributed by atoms with Gasteiger partial charge in [-0.2, -0.15) is 0 Å². The predicted octanol–water partition coefficient (Wildman–Crippen LogP) is 1.44. The van der Waals surface area contributed by atoms with E-state index in [1.54, 1.807) is 6.07 Å². The van der Waals surface area contributed by atoms with Crippen LogP contribution in [0, 0.1) is 0 Å². The van der Waals surface area contributed by atoms with Crippen molar-refractivity contribution in [2.45, 2.75) is 6.42 Å². The van der Waals surface area contributed by atoms with E-state index in [2.05, 4.69) is 17.9 Å². The number of hydrogen-bond acceptors (Lipinski definition) is 3. The lowest BCUT2D eigenvalue weighted by Crippen LogP contribution is -2.19. The predicted molar refractivity (Wildman–Crippen MR) is 63.1 cm³/mol. The molecule has 14 heavy (non-hydrogen) atoms. The fourth-order valence-corrected chi connectivity index (χ4v) is 1.25. The third-order valence-corrected chi connectivity index (χ3v) is 2.03. The Balaban J connectivity index is 2.51. The van der Waals surface area contributed by atoms with Crippen molar-refractivity contribution in [2.24, 2.45) is 0 Å². The summed E-state index contributed by atoms with van der Waals surface area (Å²) >= 11 is 8.63. The molecule has 1 rings (SSSR count). The first kappa shape index (κ1) is 11.1. The normalized spacial score (nSPS) is 9.79. The first-order valence-corrected chi connectivity index (χ1v) is 4.93. The van der Waals surface area contributed by atoms with Crippen LogP contribution in [0.25, 0.3) is 0 Å². The zero-order valence-corrected chi connectivity index (χ0v) is 9.11. The molecule has 0 bridgehead atoms. The van der Waals surface area contributed by atoms with Gasteiger partial charge in [0.05, 0.1) is 0 Å². The standard InChI is InChI=1S/C9H11NO2S2/c11-7-2-1-6(5-8(7)12)3-4-10-9(13)14/h1-2,5,11-12H,3-4H2,(H2,10,13,14). The lowest BCUT2D eigenvalue weighted by molar-refractivity contribution is 0.403. The molecular formula is C9H11NO2S2. The molecule has 3 nitrogen and oxygen atoms in total. The Morgan fingerprint density at radius 3 is 2.64 bits per heavy atom. The zero-order valence-electron chi connectivity index (χ0n) is 7.40. The third-order valence-electron chi connectivity index (χ3n) is 1.73. The van der Waals surface area contributed by atoms with Crippen molar-refractivity contribution in [3.05, 3.63) is 23.8 Å². The second-order valence-corrected chi connectivity index (χ2v) is 3.96. The SMILES string of the molecule is Oc1ccc(CCNC(=S)S)cc1O. The molecule has 0 atom stereocenters. The van der Waals surface area contributed by atoms with Crippen LogP contribution in [0.4, 0.5) is 0 Å². The molecule has 0 aliphatic rings. The van der Waals surface area contributed by atoms with Crippen LogP contribution in [0.5, 0.6) is 11.5 Å². The van der Waals surface area contributed by atoms with Crippen LogP contribution in [-0.2, 0) is 6.42 Å². The molecule has 0 radical (unpaired) electrons. The molecule has 1 aromatic rings. The minimum Gasteiger partial charge on any atom is -0.504 e. The fourth-order valence-electron chi connectivity index (χ4n) is 1.04. The molecule has 1 aromatic carbocycles. The molecular weight excluding hydrogens is 218 g/mol. The van der Waals surface area contributed by atoms with Crippen LogP contribution in [0.2, 0.25) is 0 Å². The van der Waals surface area contributed by atoms with E-state index in [9.17, 15) is 5.11 Å². The number of thiocarbonyl (C=S) groups is 1. The highest BCUT2D eigenvalue weighted by Crippen LogP contribution is 2.24. The largest absolute Gasteiger partial charge is 0.504 e. The van der Waals surface area contributed by atoms with E-state index in [1.165, 1.54) is 12.1 Å². The molecule has 76 valence electrons. The van der Waals surface area contributed by atoms with Gasteiger partial charge in [-0.1, -0.05) is 18.3 Å². The average molecular weight is 229 g/mol. The van der Waals surface area contributed by atoms with Crippen molar-refractivity contribution in [1.82, 2.24) is 5.32 Å². The van der Waals surface area contributed by atoms with E-state index >= 15 is 0 Å². The summed E-state index contributed by atoms with van der Waals surface area (Å²) in [6.45, 7) is 0.659. The Kier molecular flexibility index (Phi) is 4.03. The van der Waals surface area contributed by atoms with Crippen molar-refractivity contribution < 1.29 is 10.2 Å². The smallest absolute Gasteiger partial charge is 0.157 e. The number of nitrogens with one attached hydrogen (secondary N) is 1. The average Bonchev–Trinajstić information content (AvgIpc) is 2.10. The van der Waals surface area contributed by atoms with Gasteiger partial charge in [0.15, 0.2) is 11.5 Å². The molecule has 0 aliphatic heterocycles. The maximum Gasteiger partial charge on any atom is 0.157 e. The van der Waals surface area contributed by atoms with Crippen molar-refractivity contribution >= 4 is 29.2 Å². The van der Waals surface area contributed by atoms with Crippen molar-refractivity contribution in [3.8, 4) is 11.5 Å². The van der Waals surface area contributed by atoms with Gasteiger partial charge in [0.2, 0.25) is 0 Å². The van der Waals surface area contributed by atoms with E-state index in [0.717, 1.165) is 5.56 Å². The van der Waals surface area contributed by atoms with Gasteiger partial charge in [-0.05, 0) is 24.1 Å². The van der Waals surface area contributed by atoms with Gasteiger partial charge in [-0.3, -0.25) is 0 Å². The lowest BCUT2D eigenvalue weighted by atomic mass is 10.1. The molecule has 3 N–H and O–H groups in total. The van der Waals surface area contributed by atoms with E-state index in [0.29, 0.717) is 17.3 Å². The van der Waals surface area contributed by atoms with Crippen molar-refractivity contribution in [2.75, 3.05) is 6.54 Å². The van der Waals surface area contributed by atoms with Crippen LogP contribution in [0.3, 0.4) is 0 Å². The maximum absolute atomic E-state index is 9.20. The van der Waals surface area contributed by atoms with E-state index in [4.69, 9.17) is 17.3 Å². The highest BCUT2D eigenvalue weighted by Gasteiger charge is 2.00. The summed E-state index contributed by atoms with van der Waals surface area (Å²) in [7, 11) is 0. The van der Waals surface area contributed by atoms with Gasteiger partial charge < -0.3 is 15.5 Å². The summed E-state index contributed by atoms with van der Waals surface area (Å²) in [5.74, 6) is -0.206. The Morgan fingerprint density at radius 1 is 1.36 bits per heavy atom. The Labute approximate surface area is 93.2 Å². The summed E-state index contributed by atoms with van der Waals surface area (Å²) < 4.78 is 0.452. The van der Waals surface area contributed by atoms with Crippen molar-refractivity contribution in [3.63, 3.8) is 0 Å². The number of thiol groups is 1. The van der Waals surface area contributed by atoms with Crippen LogP contribution in [-0.4, -0.2) is 21.1 Å². The summed E-state index contributed by atoms with van der Waals surface area (Å²) in [6, 6.07) is 4.74. The Morgan fingerprint density at radius 2 is 2.07 bits per heavy atom. The van der Waals surface area contributed by atoms with E-state index in [-0.39, 0.29) is 11.5 Å². The second-order valence-electron chi connectivity index (χ2n) is 2.80. The monoisotopic (exact) mass is 229 g/mol. The molecule has 0 saturated carbocycles. The van der Waals surface area contributed by atoms with Gasteiger partial charge in [0, 0.05) is 6.54 Å². The van der Waals surface area contributed by atoms with Gasteiger partial charge in [-0.15, -0.1) is 12.6 Å². The number of phenols is 2. The Hall–Kier alpha value is -0.940. The molecule has 0 amide bonds. The molecule has 0 spiro atoms. The lowest BCUT2D eigenvalue weighted by Gasteiger charge is -2.04. The van der Waals surface area contributed by atoms with E-state index in [1.807, 2.05) is 0 Å². The first-order chi connectivity index (χ1) is 6.59. The fraction of sp³-hybridized carbons (Fsp3) is 0.222. The van der Waals surface area contributed by atoms with Gasteiger partial charge >= 0.3 is 0 Å². The molecule has 0 aromatic heterocycles. The number of phenolic OH excluding ortho intramolecular Hbond substituents is 2. The van der Waals surface area contributed by atoms with Crippen molar-refractivity contribution in [1.29, 1.82) is 0 Å². The van der Waals surface area contributed by atoms with Gasteiger partial charge in [0.25, 0.3) is 0 Å². The van der Waals surface area contributed by atoms with E-state index < -0.39 is 0 Å². The molecule has 0 fully saturated rings. The topological polar surface area (TPSA) is 52.5 Å². The van der Waals surface area contributed by atoms with Crippen LogP contribution in [0.1, 0.15) is 5.56 Å². The summed E-state index contributed by atoms with van der Waals surface area (Å²) in [6.07, 6.45) is 0.717. The van der Waals surface area contributed by atoms with Crippen LogP contribution in [0.15, 0.2) is 18.2 Å². The van der Waals surface area contributed by atoms with Gasteiger partial charge in [0.1, 0.15) is 4.32 Å². The molecule has 0 aliphatic carbocycles. The first-order valence-electron chi connectivity index (χ1n) is 4.07. The van der Waals surface area contributed by atoms with Crippen LogP contribution >= 0.6 is 24.8 Å². The number of rotatable bonds is 3. The maximum atomic E-state index is 9.20. The summed E-state index contributed by atoms with van der Waals surface area (Å²) in [5.41, 5.74) is 0.928.